The van der Waals surface area contributed by atoms with E-state index in [9.17, 15) is 4.79 Å². The number of amides is 1. The lowest BCUT2D eigenvalue weighted by Crippen LogP contribution is -2.38. The predicted octanol–water partition coefficient (Wildman–Crippen LogP) is 1.46. The summed E-state index contributed by atoms with van der Waals surface area (Å²) in [6.45, 7) is 1.31. The van der Waals surface area contributed by atoms with Crippen molar-refractivity contribution in [3.63, 3.8) is 0 Å². The smallest absolute Gasteiger partial charge is 0.324 e. The number of carbonyl (C=O) groups is 1. The molecular formula is C16H20N4O4. The third kappa shape index (κ3) is 3.12. The van der Waals surface area contributed by atoms with E-state index < -0.39 is 0 Å². The van der Waals surface area contributed by atoms with E-state index in [1.54, 1.807) is 32.4 Å². The molecule has 2 N–H and O–H groups in total. The van der Waals surface area contributed by atoms with Gasteiger partial charge in [-0.05, 0) is 31.0 Å². The van der Waals surface area contributed by atoms with Crippen LogP contribution in [-0.2, 0) is 4.79 Å². The molecule has 0 saturated carbocycles. The van der Waals surface area contributed by atoms with E-state index in [1.807, 2.05) is 4.90 Å². The topological polar surface area (TPSA) is 104 Å². The highest BCUT2D eigenvalue weighted by atomic mass is 16.5. The monoisotopic (exact) mass is 332 g/mol. The van der Waals surface area contributed by atoms with Gasteiger partial charge >= 0.3 is 6.01 Å². The number of benzene rings is 1. The number of ether oxygens (including phenoxy) is 2. The van der Waals surface area contributed by atoms with Crippen molar-refractivity contribution in [1.29, 1.82) is 0 Å². The quantitative estimate of drug-likeness (QED) is 0.883. The molecule has 1 aliphatic rings. The average Bonchev–Trinajstić information content (AvgIpc) is 3.11. The number of hydrogen-bond donors (Lipinski definition) is 1. The molecule has 0 radical (unpaired) electrons. The summed E-state index contributed by atoms with van der Waals surface area (Å²) in [4.78, 5) is 17.7. The summed E-state index contributed by atoms with van der Waals surface area (Å²) in [6, 6.07) is 5.82. The minimum Gasteiger partial charge on any atom is -0.497 e. The van der Waals surface area contributed by atoms with Crippen LogP contribution in [0, 0.1) is 5.92 Å². The van der Waals surface area contributed by atoms with Gasteiger partial charge in [0, 0.05) is 19.0 Å². The molecule has 0 spiro atoms. The highest BCUT2D eigenvalue weighted by molar-refractivity contribution is 5.77. The van der Waals surface area contributed by atoms with E-state index in [1.165, 1.54) is 0 Å². The van der Waals surface area contributed by atoms with Crippen molar-refractivity contribution in [3.8, 4) is 22.9 Å². The van der Waals surface area contributed by atoms with Crippen molar-refractivity contribution < 1.29 is 18.8 Å². The maximum absolute atomic E-state index is 11.2. The Morgan fingerprint density at radius 2 is 2.04 bits per heavy atom. The van der Waals surface area contributed by atoms with Gasteiger partial charge in [0.05, 0.1) is 19.8 Å². The molecule has 2 aromatic rings. The summed E-state index contributed by atoms with van der Waals surface area (Å²) in [7, 11) is 3.18. The highest BCUT2D eigenvalue weighted by Crippen LogP contribution is 2.33. The number of anilines is 1. The van der Waals surface area contributed by atoms with Gasteiger partial charge in [-0.3, -0.25) is 4.79 Å². The summed E-state index contributed by atoms with van der Waals surface area (Å²) in [5.74, 6) is 1.41. The Balaban J connectivity index is 1.80. The van der Waals surface area contributed by atoms with Crippen LogP contribution in [0.1, 0.15) is 12.8 Å². The van der Waals surface area contributed by atoms with Gasteiger partial charge in [-0.15, -0.1) is 0 Å². The van der Waals surface area contributed by atoms with Gasteiger partial charge in [-0.2, -0.15) is 4.98 Å². The number of piperidine rings is 1. The van der Waals surface area contributed by atoms with Gasteiger partial charge in [-0.25, -0.2) is 0 Å². The molecule has 8 heteroatoms. The normalized spacial score (nSPS) is 15.3. The maximum atomic E-state index is 11.2. The minimum atomic E-state index is -0.248. The summed E-state index contributed by atoms with van der Waals surface area (Å²) < 4.78 is 16.0. The van der Waals surface area contributed by atoms with E-state index >= 15 is 0 Å². The molecule has 128 valence electrons. The lowest BCUT2D eigenvalue weighted by Gasteiger charge is -2.28. The fraction of sp³-hybridized carbons (Fsp3) is 0.438. The number of rotatable bonds is 5. The molecule has 0 unspecified atom stereocenters. The SMILES string of the molecule is COc1ccc(OC)c(-c2noc(N3CCC(C(N)=O)CC3)n2)c1. The number of aromatic nitrogens is 2. The van der Waals surface area contributed by atoms with Crippen molar-refractivity contribution >= 4 is 11.9 Å². The maximum Gasteiger partial charge on any atom is 0.324 e. The molecule has 1 aromatic carbocycles. The third-order valence-corrected chi connectivity index (χ3v) is 4.23. The van der Waals surface area contributed by atoms with Gasteiger partial charge in [0.2, 0.25) is 11.7 Å². The fourth-order valence-corrected chi connectivity index (χ4v) is 2.80. The van der Waals surface area contributed by atoms with Crippen molar-refractivity contribution in [3.05, 3.63) is 18.2 Å². The second kappa shape index (κ2) is 6.77. The van der Waals surface area contributed by atoms with Crippen LogP contribution in [0.2, 0.25) is 0 Å². The lowest BCUT2D eigenvalue weighted by molar-refractivity contribution is -0.122. The van der Waals surface area contributed by atoms with Gasteiger partial charge in [0.25, 0.3) is 0 Å². The van der Waals surface area contributed by atoms with Gasteiger partial charge < -0.3 is 24.6 Å². The van der Waals surface area contributed by atoms with Crippen molar-refractivity contribution in [2.24, 2.45) is 11.7 Å². The summed E-state index contributed by atoms with van der Waals surface area (Å²) in [5, 5.41) is 4.04. The van der Waals surface area contributed by atoms with Crippen LogP contribution in [0.4, 0.5) is 6.01 Å². The largest absolute Gasteiger partial charge is 0.497 e. The van der Waals surface area contributed by atoms with E-state index in [-0.39, 0.29) is 11.8 Å². The molecule has 2 heterocycles. The van der Waals surface area contributed by atoms with Crippen LogP contribution in [-0.4, -0.2) is 43.4 Å². The van der Waals surface area contributed by atoms with Crippen molar-refractivity contribution in [2.75, 3.05) is 32.2 Å². The number of carbonyl (C=O) groups excluding carboxylic acids is 1. The first-order valence-electron chi connectivity index (χ1n) is 7.72. The lowest BCUT2D eigenvalue weighted by atomic mass is 9.97. The highest BCUT2D eigenvalue weighted by Gasteiger charge is 2.26. The summed E-state index contributed by atoms with van der Waals surface area (Å²) >= 11 is 0. The minimum absolute atomic E-state index is 0.0814. The van der Waals surface area contributed by atoms with Crippen LogP contribution in [0.5, 0.6) is 11.5 Å². The Labute approximate surface area is 139 Å². The number of methoxy groups -OCH3 is 2. The molecule has 0 aliphatic carbocycles. The van der Waals surface area contributed by atoms with Crippen LogP contribution in [0.15, 0.2) is 22.7 Å². The Morgan fingerprint density at radius 3 is 2.67 bits per heavy atom. The zero-order chi connectivity index (χ0) is 17.1. The molecule has 1 aliphatic heterocycles. The standard InChI is InChI=1S/C16H20N4O4/c1-22-11-3-4-13(23-2)12(9-11)15-18-16(24-19-15)20-7-5-10(6-8-20)14(17)21/h3-4,9-10H,5-8H2,1-2H3,(H2,17,21). The molecule has 0 bridgehead atoms. The van der Waals surface area contributed by atoms with E-state index in [2.05, 4.69) is 10.1 Å². The van der Waals surface area contributed by atoms with Crippen molar-refractivity contribution in [2.45, 2.75) is 12.8 Å². The van der Waals surface area contributed by atoms with E-state index in [0.29, 0.717) is 54.8 Å². The molecular weight excluding hydrogens is 312 g/mol. The van der Waals surface area contributed by atoms with E-state index in [0.717, 1.165) is 0 Å². The summed E-state index contributed by atoms with van der Waals surface area (Å²) in [5.41, 5.74) is 6.05. The fourth-order valence-electron chi connectivity index (χ4n) is 2.80. The zero-order valence-corrected chi connectivity index (χ0v) is 13.7. The Kier molecular flexibility index (Phi) is 4.54. The number of hydrogen-bond acceptors (Lipinski definition) is 7. The first-order chi connectivity index (χ1) is 11.6. The molecule has 0 atom stereocenters. The predicted molar refractivity (Wildman–Crippen MR) is 87.0 cm³/mol. The number of nitrogens with zero attached hydrogens (tertiary/aromatic N) is 3. The molecule has 1 saturated heterocycles. The van der Waals surface area contributed by atoms with Gasteiger partial charge in [0.15, 0.2) is 0 Å². The summed E-state index contributed by atoms with van der Waals surface area (Å²) in [6.07, 6.45) is 1.38. The molecule has 24 heavy (non-hydrogen) atoms. The van der Waals surface area contributed by atoms with Crippen molar-refractivity contribution in [1.82, 2.24) is 10.1 Å². The van der Waals surface area contributed by atoms with Gasteiger partial charge in [-0.1, -0.05) is 5.16 Å². The first kappa shape index (κ1) is 16.1. The number of primary amides is 1. The molecule has 3 rings (SSSR count). The van der Waals surface area contributed by atoms with Gasteiger partial charge in [0.1, 0.15) is 11.5 Å². The second-order valence-corrected chi connectivity index (χ2v) is 5.63. The Morgan fingerprint density at radius 1 is 1.29 bits per heavy atom. The van der Waals surface area contributed by atoms with E-state index in [4.69, 9.17) is 19.7 Å². The molecule has 1 aromatic heterocycles. The first-order valence-corrected chi connectivity index (χ1v) is 7.72. The molecule has 1 fully saturated rings. The number of nitrogens with two attached hydrogens (primary N) is 1. The Bertz CT molecular complexity index is 723. The Hall–Kier alpha value is -2.77. The second-order valence-electron chi connectivity index (χ2n) is 5.63. The molecule has 1 amide bonds. The third-order valence-electron chi connectivity index (χ3n) is 4.23. The van der Waals surface area contributed by atoms with Crippen LogP contribution >= 0.6 is 0 Å². The average molecular weight is 332 g/mol. The van der Waals surface area contributed by atoms with Crippen LogP contribution < -0.4 is 20.1 Å². The van der Waals surface area contributed by atoms with Crippen LogP contribution in [0.25, 0.3) is 11.4 Å². The van der Waals surface area contributed by atoms with Crippen LogP contribution in [0.3, 0.4) is 0 Å². The zero-order valence-electron chi connectivity index (χ0n) is 13.7. The molecule has 8 nitrogen and oxygen atoms in total.